The van der Waals surface area contributed by atoms with Crippen LogP contribution in [0.3, 0.4) is 0 Å². The van der Waals surface area contributed by atoms with Crippen molar-refractivity contribution < 1.29 is 43.0 Å². The number of thiophene rings is 1. The predicted octanol–water partition coefficient (Wildman–Crippen LogP) is 6.50. The Morgan fingerprint density at radius 3 is 1.78 bits per heavy atom. The van der Waals surface area contributed by atoms with E-state index in [0.717, 1.165) is 56.1 Å². The molecule has 3 aromatic rings. The van der Waals surface area contributed by atoms with Gasteiger partial charge < -0.3 is 25.0 Å². The number of carbonyl (C=O) groups excluding carboxylic acids is 7. The van der Waals surface area contributed by atoms with Gasteiger partial charge in [-0.15, -0.1) is 34.0 Å². The van der Waals surface area contributed by atoms with Gasteiger partial charge in [-0.25, -0.2) is 19.6 Å². The zero-order valence-electron chi connectivity index (χ0n) is 31.9. The molecule has 0 aliphatic carbocycles. The first-order chi connectivity index (χ1) is 25.4. The summed E-state index contributed by atoms with van der Waals surface area (Å²) in [5.41, 5.74) is 9.85. The number of hydrogen-bond acceptors (Lipinski definition) is 16. The molecular formula is C36H48N6O9S3. The number of aryl methyl sites for hydroxylation is 2. The number of Topliss-reactive ketones (excluding diaryl/α,β-unsaturated/α-hetero) is 1. The van der Waals surface area contributed by atoms with Crippen molar-refractivity contribution in [2.75, 3.05) is 25.4 Å². The number of fused-ring (bicyclic) bond motifs is 1. The third-order valence-electron chi connectivity index (χ3n) is 7.03. The Morgan fingerprint density at radius 1 is 0.833 bits per heavy atom. The van der Waals surface area contributed by atoms with Crippen LogP contribution in [-0.2, 0) is 65.7 Å². The van der Waals surface area contributed by atoms with E-state index in [-0.39, 0.29) is 30.3 Å². The number of hydrogen-bond donors (Lipinski definition) is 1. The van der Waals surface area contributed by atoms with Crippen LogP contribution in [0.15, 0.2) is 10.8 Å². The number of piperidine rings is 1. The fraction of sp³-hybridized carbons (Fsp3) is 0.556. The lowest BCUT2D eigenvalue weighted by molar-refractivity contribution is -0.193. The largest absolute Gasteiger partial charge is 0.444 e. The highest BCUT2D eigenvalue weighted by molar-refractivity contribution is 7.18. The van der Waals surface area contributed by atoms with Crippen molar-refractivity contribution in [2.45, 2.75) is 112 Å². The Bertz CT molecular complexity index is 1760. The zero-order valence-corrected chi connectivity index (χ0v) is 34.4. The second-order valence-corrected chi connectivity index (χ2v) is 16.4. The summed E-state index contributed by atoms with van der Waals surface area (Å²) in [6.45, 7) is 17.5. The minimum Gasteiger partial charge on any atom is -0.444 e. The van der Waals surface area contributed by atoms with Crippen LogP contribution in [-0.4, -0.2) is 80.9 Å². The van der Waals surface area contributed by atoms with Crippen LogP contribution in [0, 0.1) is 11.3 Å². The van der Waals surface area contributed by atoms with Crippen LogP contribution in [0.25, 0.3) is 10.6 Å². The number of ketones is 1. The summed E-state index contributed by atoms with van der Waals surface area (Å²) < 4.78 is 10.7. The molecule has 3 aromatic heterocycles. The van der Waals surface area contributed by atoms with Crippen molar-refractivity contribution >= 4 is 69.3 Å². The van der Waals surface area contributed by atoms with Crippen LogP contribution in [0.2, 0.25) is 0 Å². The highest BCUT2D eigenvalue weighted by Crippen LogP contribution is 2.43. The van der Waals surface area contributed by atoms with Gasteiger partial charge in [-0.3, -0.25) is 4.79 Å². The monoisotopic (exact) mass is 804 g/mol. The Hall–Kier alpha value is -4.78. The second kappa shape index (κ2) is 23.1. The van der Waals surface area contributed by atoms with Crippen molar-refractivity contribution in [1.29, 1.82) is 5.26 Å². The number of aromatic nitrogens is 2. The Balaban J connectivity index is 0.000000411. The predicted molar refractivity (Wildman–Crippen MR) is 202 cm³/mol. The number of nitrogens with two attached hydrogens (primary N) is 1. The lowest BCUT2D eigenvalue weighted by Gasteiger charge is -2.30. The normalized spacial score (nSPS) is 13.2. The molecule has 2 aliphatic heterocycles. The molecule has 0 aromatic carbocycles. The van der Waals surface area contributed by atoms with Gasteiger partial charge in [0.15, 0.2) is 0 Å². The van der Waals surface area contributed by atoms with E-state index in [2.05, 4.69) is 35.3 Å². The number of amides is 2. The number of ether oxygens (including phenoxy) is 2. The minimum atomic E-state index is -0.478. The second-order valence-electron chi connectivity index (χ2n) is 13.5. The third-order valence-corrected chi connectivity index (χ3v) is 9.88. The Morgan fingerprint density at radius 2 is 1.31 bits per heavy atom. The van der Waals surface area contributed by atoms with E-state index in [1.807, 2.05) is 46.9 Å². The van der Waals surface area contributed by atoms with Gasteiger partial charge in [0.05, 0.1) is 35.4 Å². The third kappa shape index (κ3) is 16.9. The summed E-state index contributed by atoms with van der Waals surface area (Å²) in [5.74, 6) is 0.227. The molecule has 54 heavy (non-hydrogen) atoms. The number of likely N-dealkylation sites (tertiary alicyclic amines) is 1. The average molecular weight is 805 g/mol. The van der Waals surface area contributed by atoms with Gasteiger partial charge in [0.2, 0.25) is 0 Å². The van der Waals surface area contributed by atoms with Crippen molar-refractivity contribution in [3.63, 3.8) is 0 Å². The van der Waals surface area contributed by atoms with Gasteiger partial charge in [-0.2, -0.15) is 24.4 Å². The number of nitrogens with zero attached hydrogens (tertiary/aromatic N) is 5. The van der Waals surface area contributed by atoms with E-state index in [0.29, 0.717) is 45.4 Å². The average Bonchev–Trinajstić information content (AvgIpc) is 3.83. The zero-order chi connectivity index (χ0) is 41.1. The summed E-state index contributed by atoms with van der Waals surface area (Å²) in [6.07, 6.45) is 3.97. The first-order valence-electron chi connectivity index (χ1n) is 17.0. The highest BCUT2D eigenvalue weighted by atomic mass is 32.1. The fourth-order valence-electron chi connectivity index (χ4n) is 4.65. The maximum absolute atomic E-state index is 12.3. The molecule has 1 fully saturated rings. The number of rotatable bonds is 4. The van der Waals surface area contributed by atoms with E-state index in [9.17, 15) is 14.4 Å². The Kier molecular flexibility index (Phi) is 20.2. The van der Waals surface area contributed by atoms with Gasteiger partial charge >= 0.3 is 24.5 Å². The molecule has 15 nitrogen and oxygen atoms in total. The Labute approximate surface area is 327 Å². The standard InChI is InChI=1S/C17H23N3O2S2.C10H17NO3.C7H8N2S.2CO2/c1-5-10-9-23-15(19-10)13-11-6-7-20(8-12(11)24-14(13)18)16(21)22-17(2,3)4;1-10(2,3)14-9(13)11-6-4-8(12)5-7-11;1-2-6-5-10-7(9-6)3-4-8;2*2-1-3/h9H,5-8,18H2,1-4H3;4-7H2,1-3H3;5H,2-3H2,1H3;;. The fourth-order valence-corrected chi connectivity index (χ4v) is 7.65. The summed E-state index contributed by atoms with van der Waals surface area (Å²) in [4.78, 5) is 80.6. The maximum Gasteiger partial charge on any atom is 0.410 e. The lowest BCUT2D eigenvalue weighted by Crippen LogP contribution is -2.41. The molecule has 0 atom stereocenters. The van der Waals surface area contributed by atoms with Crippen LogP contribution < -0.4 is 5.73 Å². The van der Waals surface area contributed by atoms with Gasteiger partial charge in [0.25, 0.3) is 0 Å². The first kappa shape index (κ1) is 47.2. The van der Waals surface area contributed by atoms with Crippen molar-refractivity contribution in [1.82, 2.24) is 19.8 Å². The molecule has 0 spiro atoms. The van der Waals surface area contributed by atoms with E-state index >= 15 is 0 Å². The van der Waals surface area contributed by atoms with Crippen LogP contribution in [0.4, 0.5) is 14.6 Å². The SMILES string of the molecule is CC(C)(C)OC(=O)N1CCC(=O)CC1.CCc1csc(-c2c(N)sc3c2CCN(C(=O)OC(C)(C)C)C3)n1.CCc1csc(CC#N)n1.O=C=O.O=C=O. The van der Waals surface area contributed by atoms with Gasteiger partial charge in [-0.1, -0.05) is 13.8 Å². The van der Waals surface area contributed by atoms with Crippen LogP contribution >= 0.6 is 34.0 Å². The van der Waals surface area contributed by atoms with Crippen molar-refractivity contribution in [3.05, 3.63) is 37.6 Å². The van der Waals surface area contributed by atoms with E-state index < -0.39 is 11.2 Å². The molecule has 0 bridgehead atoms. The molecule has 0 unspecified atom stereocenters. The number of nitriles is 1. The number of anilines is 1. The van der Waals surface area contributed by atoms with E-state index in [1.54, 1.807) is 43.8 Å². The molecule has 5 rings (SSSR count). The molecule has 0 saturated carbocycles. The highest BCUT2D eigenvalue weighted by Gasteiger charge is 2.30. The van der Waals surface area contributed by atoms with Crippen molar-refractivity contribution in [2.24, 2.45) is 0 Å². The molecule has 0 radical (unpaired) electrons. The summed E-state index contributed by atoms with van der Waals surface area (Å²) in [6, 6.07) is 2.07. The summed E-state index contributed by atoms with van der Waals surface area (Å²) >= 11 is 4.77. The number of carbonyl (C=O) groups is 3. The number of thiazole rings is 2. The summed E-state index contributed by atoms with van der Waals surface area (Å²) in [7, 11) is 0. The minimum absolute atomic E-state index is 0.227. The molecular weight excluding hydrogens is 757 g/mol. The molecule has 294 valence electrons. The topological polar surface area (TPSA) is 220 Å². The first-order valence-corrected chi connectivity index (χ1v) is 19.5. The van der Waals surface area contributed by atoms with Crippen molar-refractivity contribution in [3.8, 4) is 16.6 Å². The van der Waals surface area contributed by atoms with Crippen LogP contribution in [0.5, 0.6) is 0 Å². The molecule has 2 aliphatic rings. The lowest BCUT2D eigenvalue weighted by atomic mass is 10.0. The summed E-state index contributed by atoms with van der Waals surface area (Å²) in [5, 5.41) is 15.1. The van der Waals surface area contributed by atoms with Gasteiger partial charge in [0.1, 0.15) is 27.0 Å². The van der Waals surface area contributed by atoms with E-state index in [4.69, 9.17) is 39.6 Å². The van der Waals surface area contributed by atoms with Crippen LogP contribution in [0.1, 0.15) is 95.1 Å². The molecule has 1 saturated heterocycles. The van der Waals surface area contributed by atoms with E-state index in [1.165, 1.54) is 5.56 Å². The molecule has 2 N–H and O–H groups in total. The van der Waals surface area contributed by atoms with Gasteiger partial charge in [0, 0.05) is 53.7 Å². The quantitative estimate of drug-likeness (QED) is 0.298. The smallest absolute Gasteiger partial charge is 0.410 e. The number of nitrogen functional groups attached to an aromatic ring is 1. The molecule has 2 amide bonds. The van der Waals surface area contributed by atoms with Gasteiger partial charge in [-0.05, 0) is 66.4 Å². The molecule has 5 heterocycles. The maximum atomic E-state index is 12.3. The molecule has 18 heteroatoms.